The lowest BCUT2D eigenvalue weighted by molar-refractivity contribution is 0.0932. The van der Waals surface area contributed by atoms with Crippen LogP contribution in [0.2, 0.25) is 0 Å². The molecule has 0 aromatic heterocycles. The third-order valence-corrected chi connectivity index (χ3v) is 5.28. The highest BCUT2D eigenvalue weighted by Gasteiger charge is 2.20. The molecule has 1 aliphatic carbocycles. The fourth-order valence-electron chi connectivity index (χ4n) is 3.84. The molecule has 1 heterocycles. The van der Waals surface area contributed by atoms with Crippen LogP contribution in [0.4, 0.5) is 4.39 Å². The minimum Gasteiger partial charge on any atom is -0.349 e. The van der Waals surface area contributed by atoms with Crippen LogP contribution in [-0.2, 0) is 13.0 Å². The maximum atomic E-state index is 14.2. The van der Waals surface area contributed by atoms with Gasteiger partial charge in [-0.2, -0.15) is 0 Å². The molecule has 126 valence electrons. The molecular formula is C19H27FN2O. The Bertz CT molecular complexity index is 567. The smallest absolute Gasteiger partial charge is 0.254 e. The second-order valence-electron chi connectivity index (χ2n) is 7.13. The maximum Gasteiger partial charge on any atom is 0.254 e. The molecule has 0 saturated heterocycles. The monoisotopic (exact) mass is 318 g/mol. The Labute approximate surface area is 138 Å². The number of halogens is 1. The van der Waals surface area contributed by atoms with Crippen LogP contribution in [0.1, 0.15) is 66.9 Å². The molecule has 0 bridgehead atoms. The van der Waals surface area contributed by atoms with Gasteiger partial charge >= 0.3 is 0 Å². The second kappa shape index (κ2) is 7.43. The molecule has 3 nitrogen and oxygen atoms in total. The molecule has 1 aromatic carbocycles. The first kappa shape index (κ1) is 16.4. The van der Waals surface area contributed by atoms with Gasteiger partial charge < -0.3 is 10.6 Å². The van der Waals surface area contributed by atoms with E-state index in [1.165, 1.54) is 31.7 Å². The first-order valence-electron chi connectivity index (χ1n) is 8.96. The largest absolute Gasteiger partial charge is 0.349 e. The molecule has 1 unspecified atom stereocenters. The second-order valence-corrected chi connectivity index (χ2v) is 7.13. The summed E-state index contributed by atoms with van der Waals surface area (Å²) >= 11 is 0. The van der Waals surface area contributed by atoms with Crippen LogP contribution in [0.15, 0.2) is 12.1 Å². The summed E-state index contributed by atoms with van der Waals surface area (Å²) in [6, 6.07) is 3.35. The molecule has 2 N–H and O–H groups in total. The van der Waals surface area contributed by atoms with E-state index in [1.54, 1.807) is 6.07 Å². The van der Waals surface area contributed by atoms with Gasteiger partial charge in [0.15, 0.2) is 0 Å². The zero-order chi connectivity index (χ0) is 16.2. The predicted octanol–water partition coefficient (Wildman–Crippen LogP) is 3.56. The lowest BCUT2D eigenvalue weighted by atomic mass is 9.97. The number of hydrogen-bond acceptors (Lipinski definition) is 2. The first-order chi connectivity index (χ1) is 11.1. The molecule has 3 rings (SSSR count). The highest BCUT2D eigenvalue weighted by molar-refractivity contribution is 5.95. The van der Waals surface area contributed by atoms with E-state index in [9.17, 15) is 9.18 Å². The molecule has 1 atom stereocenters. The van der Waals surface area contributed by atoms with E-state index in [2.05, 4.69) is 10.6 Å². The SMILES string of the molecule is CC(CCC1CCCC1)NC(=O)c1cc2c(cc1F)CCNC2. The van der Waals surface area contributed by atoms with Crippen molar-refractivity contribution >= 4 is 5.91 Å². The van der Waals surface area contributed by atoms with Crippen LogP contribution in [-0.4, -0.2) is 18.5 Å². The topological polar surface area (TPSA) is 41.1 Å². The Morgan fingerprint density at radius 3 is 2.91 bits per heavy atom. The van der Waals surface area contributed by atoms with Gasteiger partial charge in [-0.15, -0.1) is 0 Å². The van der Waals surface area contributed by atoms with E-state index < -0.39 is 5.82 Å². The van der Waals surface area contributed by atoms with Crippen LogP contribution in [0, 0.1) is 11.7 Å². The molecule has 4 heteroatoms. The predicted molar refractivity (Wildman–Crippen MR) is 89.9 cm³/mol. The van der Waals surface area contributed by atoms with Gasteiger partial charge in [0.25, 0.3) is 5.91 Å². The lowest BCUT2D eigenvalue weighted by Crippen LogP contribution is -2.34. The van der Waals surface area contributed by atoms with E-state index >= 15 is 0 Å². The van der Waals surface area contributed by atoms with Gasteiger partial charge in [-0.25, -0.2) is 4.39 Å². The van der Waals surface area contributed by atoms with Crippen molar-refractivity contribution < 1.29 is 9.18 Å². The number of nitrogens with one attached hydrogen (secondary N) is 2. The van der Waals surface area contributed by atoms with Crippen molar-refractivity contribution in [3.63, 3.8) is 0 Å². The number of fused-ring (bicyclic) bond motifs is 1. The fourth-order valence-corrected chi connectivity index (χ4v) is 3.84. The molecule has 0 radical (unpaired) electrons. The Morgan fingerprint density at radius 1 is 1.35 bits per heavy atom. The Morgan fingerprint density at radius 2 is 2.13 bits per heavy atom. The van der Waals surface area contributed by atoms with Crippen molar-refractivity contribution in [2.45, 2.75) is 64.5 Å². The van der Waals surface area contributed by atoms with Crippen molar-refractivity contribution in [1.82, 2.24) is 10.6 Å². The van der Waals surface area contributed by atoms with Crippen LogP contribution >= 0.6 is 0 Å². The Balaban J connectivity index is 1.58. The average molecular weight is 318 g/mol. The van der Waals surface area contributed by atoms with Gasteiger partial charge in [0.05, 0.1) is 5.56 Å². The van der Waals surface area contributed by atoms with Crippen molar-refractivity contribution in [2.24, 2.45) is 5.92 Å². The van der Waals surface area contributed by atoms with Crippen LogP contribution in [0.3, 0.4) is 0 Å². The zero-order valence-electron chi connectivity index (χ0n) is 14.0. The standard InChI is InChI=1S/C19H27FN2O/c1-13(6-7-14-4-2-3-5-14)22-19(23)17-10-16-12-21-9-8-15(16)11-18(17)20/h10-11,13-14,21H,2-9,12H2,1H3,(H,22,23). The van der Waals surface area contributed by atoms with Crippen molar-refractivity contribution in [1.29, 1.82) is 0 Å². The van der Waals surface area contributed by atoms with Crippen molar-refractivity contribution in [2.75, 3.05) is 6.54 Å². The van der Waals surface area contributed by atoms with Crippen LogP contribution in [0.5, 0.6) is 0 Å². The summed E-state index contributed by atoms with van der Waals surface area (Å²) in [5.41, 5.74) is 2.24. The number of amides is 1. The number of benzene rings is 1. The average Bonchev–Trinajstić information content (AvgIpc) is 3.05. The quantitative estimate of drug-likeness (QED) is 0.871. The molecule has 23 heavy (non-hydrogen) atoms. The number of rotatable bonds is 5. The van der Waals surface area contributed by atoms with E-state index in [1.807, 2.05) is 6.92 Å². The lowest BCUT2D eigenvalue weighted by Gasteiger charge is -2.20. The molecular weight excluding hydrogens is 291 g/mol. The summed E-state index contributed by atoms with van der Waals surface area (Å²) in [4.78, 5) is 12.4. The number of carbonyl (C=O) groups excluding carboxylic acids is 1. The van der Waals surface area contributed by atoms with Crippen LogP contribution < -0.4 is 10.6 Å². The van der Waals surface area contributed by atoms with Gasteiger partial charge in [0.2, 0.25) is 0 Å². The molecule has 1 fully saturated rings. The van der Waals surface area contributed by atoms with E-state index in [0.717, 1.165) is 42.9 Å². The Hall–Kier alpha value is -1.42. The molecule has 1 saturated carbocycles. The van der Waals surface area contributed by atoms with E-state index in [4.69, 9.17) is 0 Å². The number of hydrogen-bond donors (Lipinski definition) is 2. The summed E-state index contributed by atoms with van der Waals surface area (Å²) in [6.07, 6.45) is 8.31. The third kappa shape index (κ3) is 4.11. The van der Waals surface area contributed by atoms with Crippen molar-refractivity contribution in [3.05, 3.63) is 34.6 Å². The summed E-state index contributed by atoms with van der Waals surface area (Å²) in [5, 5.41) is 6.23. The highest BCUT2D eigenvalue weighted by atomic mass is 19.1. The molecule has 0 spiro atoms. The normalized spacial score (nSPS) is 19.4. The van der Waals surface area contributed by atoms with Crippen LogP contribution in [0.25, 0.3) is 0 Å². The summed E-state index contributed by atoms with van der Waals surface area (Å²) in [6.45, 7) is 3.61. The number of carbonyl (C=O) groups is 1. The first-order valence-corrected chi connectivity index (χ1v) is 8.96. The third-order valence-electron chi connectivity index (χ3n) is 5.28. The van der Waals surface area contributed by atoms with Gasteiger partial charge in [-0.3, -0.25) is 4.79 Å². The van der Waals surface area contributed by atoms with Gasteiger partial charge in [-0.1, -0.05) is 25.7 Å². The fraction of sp³-hybridized carbons (Fsp3) is 0.632. The van der Waals surface area contributed by atoms with Gasteiger partial charge in [-0.05, 0) is 61.9 Å². The minimum absolute atomic E-state index is 0.0941. The molecule has 1 amide bonds. The van der Waals surface area contributed by atoms with Gasteiger partial charge in [0.1, 0.15) is 5.82 Å². The zero-order valence-corrected chi connectivity index (χ0v) is 14.0. The molecule has 2 aliphatic rings. The molecule has 1 aliphatic heterocycles. The maximum absolute atomic E-state index is 14.2. The minimum atomic E-state index is -0.397. The van der Waals surface area contributed by atoms with E-state index in [0.29, 0.717) is 6.54 Å². The summed E-state index contributed by atoms with van der Waals surface area (Å²) in [7, 11) is 0. The van der Waals surface area contributed by atoms with Gasteiger partial charge in [0, 0.05) is 12.6 Å². The summed E-state index contributed by atoms with van der Waals surface area (Å²) < 4.78 is 14.2. The Kier molecular flexibility index (Phi) is 5.31. The summed E-state index contributed by atoms with van der Waals surface area (Å²) in [5.74, 6) is 0.141. The van der Waals surface area contributed by atoms with E-state index in [-0.39, 0.29) is 17.5 Å². The van der Waals surface area contributed by atoms with Crippen molar-refractivity contribution in [3.8, 4) is 0 Å². The molecule has 1 aromatic rings. The highest BCUT2D eigenvalue weighted by Crippen LogP contribution is 2.29.